The molecular weight excluding hydrogens is 402 g/mol. The predicted molar refractivity (Wildman–Crippen MR) is 115 cm³/mol. The summed E-state index contributed by atoms with van der Waals surface area (Å²) in [5, 5.41) is 7.36. The average Bonchev–Trinajstić information content (AvgIpc) is 3.20. The van der Waals surface area contributed by atoms with Gasteiger partial charge in [-0.25, -0.2) is 18.4 Å². The van der Waals surface area contributed by atoms with Crippen molar-refractivity contribution in [2.75, 3.05) is 37.0 Å². The fraction of sp³-hybridized carbons (Fsp3) is 0.409. The lowest BCUT2D eigenvalue weighted by atomic mass is 9.94. The van der Waals surface area contributed by atoms with Crippen LogP contribution < -0.4 is 10.2 Å². The number of aryl methyl sites for hydroxylation is 1. The van der Waals surface area contributed by atoms with Gasteiger partial charge in [-0.05, 0) is 61.9 Å². The Balaban J connectivity index is 1.45. The van der Waals surface area contributed by atoms with E-state index in [1.807, 2.05) is 13.0 Å². The lowest BCUT2D eigenvalue weighted by molar-refractivity contribution is 0.170. The van der Waals surface area contributed by atoms with Gasteiger partial charge in [-0.3, -0.25) is 0 Å². The number of methoxy groups -OCH3 is 1. The number of nitrogens with one attached hydrogen (secondary N) is 1. The second-order valence-corrected chi connectivity index (χ2v) is 7.87. The minimum absolute atomic E-state index is 0.257. The topological polar surface area (TPSA) is 68.1 Å². The lowest BCUT2D eigenvalue weighted by Gasteiger charge is -2.33. The van der Waals surface area contributed by atoms with Crippen LogP contribution >= 0.6 is 0 Å². The third kappa shape index (κ3) is 5.35. The van der Waals surface area contributed by atoms with Crippen molar-refractivity contribution in [2.45, 2.75) is 26.2 Å². The third-order valence-electron chi connectivity index (χ3n) is 5.47. The summed E-state index contributed by atoms with van der Waals surface area (Å²) in [4.78, 5) is 11.2. The van der Waals surface area contributed by atoms with Crippen molar-refractivity contribution < 1.29 is 13.5 Å². The SMILES string of the molecule is COCCC1CCN(c2cc(C)cc(Nc3ncn(-c4cc(F)cc(F)c4)n3)n2)CC1. The Morgan fingerprint density at radius 3 is 2.55 bits per heavy atom. The molecule has 1 saturated heterocycles. The molecular formula is C22H26F2N6O. The number of benzene rings is 1. The van der Waals surface area contributed by atoms with E-state index in [-0.39, 0.29) is 5.69 Å². The first-order valence-electron chi connectivity index (χ1n) is 10.4. The smallest absolute Gasteiger partial charge is 0.248 e. The van der Waals surface area contributed by atoms with Crippen LogP contribution in [0.25, 0.3) is 5.69 Å². The second-order valence-electron chi connectivity index (χ2n) is 7.87. The number of aromatic nitrogens is 4. The van der Waals surface area contributed by atoms with Crippen molar-refractivity contribution in [3.8, 4) is 5.69 Å². The predicted octanol–water partition coefficient (Wildman–Crippen LogP) is 4.25. The Kier molecular flexibility index (Phi) is 6.41. The minimum Gasteiger partial charge on any atom is -0.385 e. The van der Waals surface area contributed by atoms with Crippen molar-refractivity contribution in [3.63, 3.8) is 0 Å². The number of hydrogen-bond acceptors (Lipinski definition) is 6. The first-order chi connectivity index (χ1) is 15.0. The number of ether oxygens (including phenoxy) is 1. The molecule has 0 aliphatic carbocycles. The Bertz CT molecular complexity index is 1010. The van der Waals surface area contributed by atoms with E-state index in [4.69, 9.17) is 9.72 Å². The Labute approximate surface area is 180 Å². The molecule has 4 rings (SSSR count). The summed E-state index contributed by atoms with van der Waals surface area (Å²) in [6, 6.07) is 7.19. The molecule has 9 heteroatoms. The zero-order chi connectivity index (χ0) is 21.8. The number of nitrogens with zero attached hydrogens (tertiary/aromatic N) is 5. The highest BCUT2D eigenvalue weighted by atomic mass is 19.1. The standard InChI is InChI=1S/C22H26F2N6O/c1-15-9-20(26-21(10-15)29-6-3-16(4-7-29)5-8-31-2)27-22-25-14-30(28-22)19-12-17(23)11-18(24)13-19/h9-14,16H,3-8H2,1-2H3,(H,26,27,28). The molecule has 164 valence electrons. The molecule has 31 heavy (non-hydrogen) atoms. The van der Waals surface area contributed by atoms with Crippen LogP contribution in [0, 0.1) is 24.5 Å². The molecule has 1 fully saturated rings. The number of rotatable bonds is 7. The van der Waals surface area contributed by atoms with Crippen molar-refractivity contribution >= 4 is 17.6 Å². The normalized spacial score (nSPS) is 14.8. The van der Waals surface area contributed by atoms with Crippen molar-refractivity contribution in [3.05, 3.63) is 53.9 Å². The van der Waals surface area contributed by atoms with E-state index >= 15 is 0 Å². The zero-order valence-corrected chi connectivity index (χ0v) is 17.7. The lowest BCUT2D eigenvalue weighted by Crippen LogP contribution is -2.34. The molecule has 7 nitrogen and oxygen atoms in total. The summed E-state index contributed by atoms with van der Waals surface area (Å²) in [5.74, 6) is 1.19. The summed E-state index contributed by atoms with van der Waals surface area (Å²) in [7, 11) is 1.74. The van der Waals surface area contributed by atoms with Gasteiger partial charge in [0.15, 0.2) is 0 Å². The average molecular weight is 428 g/mol. The van der Waals surface area contributed by atoms with Gasteiger partial charge in [-0.2, -0.15) is 4.98 Å². The fourth-order valence-corrected chi connectivity index (χ4v) is 3.84. The van der Waals surface area contributed by atoms with Gasteiger partial charge in [0.2, 0.25) is 5.95 Å². The molecule has 3 aromatic rings. The molecule has 1 N–H and O–H groups in total. The Hall–Kier alpha value is -3.07. The maximum absolute atomic E-state index is 13.5. The van der Waals surface area contributed by atoms with E-state index in [1.54, 1.807) is 7.11 Å². The maximum Gasteiger partial charge on any atom is 0.248 e. The quantitative estimate of drug-likeness (QED) is 0.607. The van der Waals surface area contributed by atoms with Crippen LogP contribution in [0.2, 0.25) is 0 Å². The van der Waals surface area contributed by atoms with Gasteiger partial charge in [0.25, 0.3) is 0 Å². The van der Waals surface area contributed by atoms with Crippen LogP contribution in [-0.4, -0.2) is 46.6 Å². The maximum atomic E-state index is 13.5. The molecule has 0 amide bonds. The summed E-state index contributed by atoms with van der Waals surface area (Å²) >= 11 is 0. The summed E-state index contributed by atoms with van der Waals surface area (Å²) in [6.07, 6.45) is 4.75. The molecule has 0 radical (unpaired) electrons. The van der Waals surface area contributed by atoms with Gasteiger partial charge in [-0.1, -0.05) is 0 Å². The van der Waals surface area contributed by atoms with Crippen LogP contribution in [0.5, 0.6) is 0 Å². The highest BCUT2D eigenvalue weighted by molar-refractivity contribution is 5.55. The van der Waals surface area contributed by atoms with Gasteiger partial charge >= 0.3 is 0 Å². The monoisotopic (exact) mass is 428 g/mol. The molecule has 0 unspecified atom stereocenters. The zero-order valence-electron chi connectivity index (χ0n) is 17.7. The summed E-state index contributed by atoms with van der Waals surface area (Å²) in [6.45, 7) is 4.75. The van der Waals surface area contributed by atoms with Crippen LogP contribution in [0.4, 0.5) is 26.4 Å². The van der Waals surface area contributed by atoms with Gasteiger partial charge in [0.1, 0.15) is 29.6 Å². The molecule has 2 aromatic heterocycles. The molecule has 1 aromatic carbocycles. The van der Waals surface area contributed by atoms with Gasteiger partial charge in [-0.15, -0.1) is 5.10 Å². The van der Waals surface area contributed by atoms with E-state index in [9.17, 15) is 8.78 Å². The van der Waals surface area contributed by atoms with E-state index in [2.05, 4.69) is 26.4 Å². The first kappa shape index (κ1) is 21.2. The summed E-state index contributed by atoms with van der Waals surface area (Å²) < 4.78 is 33.5. The molecule has 0 spiro atoms. The van der Waals surface area contributed by atoms with Gasteiger partial charge in [0.05, 0.1) is 5.69 Å². The van der Waals surface area contributed by atoms with Crippen molar-refractivity contribution in [2.24, 2.45) is 5.92 Å². The van der Waals surface area contributed by atoms with Gasteiger partial charge in [0, 0.05) is 32.9 Å². The van der Waals surface area contributed by atoms with Crippen molar-refractivity contribution in [1.29, 1.82) is 0 Å². The van der Waals surface area contributed by atoms with Crippen LogP contribution in [0.1, 0.15) is 24.8 Å². The molecule has 0 bridgehead atoms. The van der Waals surface area contributed by atoms with E-state index in [1.165, 1.54) is 23.1 Å². The Morgan fingerprint density at radius 1 is 1.10 bits per heavy atom. The van der Waals surface area contributed by atoms with E-state index in [0.717, 1.165) is 56.4 Å². The van der Waals surface area contributed by atoms with Crippen molar-refractivity contribution in [1.82, 2.24) is 19.7 Å². The number of halogens is 2. The van der Waals surface area contributed by atoms with Crippen LogP contribution in [-0.2, 0) is 4.74 Å². The molecule has 1 aliphatic heterocycles. The fourth-order valence-electron chi connectivity index (χ4n) is 3.84. The molecule has 3 heterocycles. The van der Waals surface area contributed by atoms with Crippen LogP contribution in [0.15, 0.2) is 36.7 Å². The largest absolute Gasteiger partial charge is 0.385 e. The molecule has 1 aliphatic rings. The Morgan fingerprint density at radius 2 is 1.84 bits per heavy atom. The second kappa shape index (κ2) is 9.38. The van der Waals surface area contributed by atoms with Gasteiger partial charge < -0.3 is 15.0 Å². The molecule has 0 saturated carbocycles. The summed E-state index contributed by atoms with van der Waals surface area (Å²) in [5.41, 5.74) is 1.33. The number of anilines is 3. The number of piperidine rings is 1. The van der Waals surface area contributed by atoms with E-state index < -0.39 is 11.6 Å². The van der Waals surface area contributed by atoms with Crippen LogP contribution in [0.3, 0.4) is 0 Å². The highest BCUT2D eigenvalue weighted by Gasteiger charge is 2.20. The van der Waals surface area contributed by atoms with E-state index in [0.29, 0.717) is 17.7 Å². The molecule has 0 atom stereocenters. The third-order valence-corrected chi connectivity index (χ3v) is 5.47. The minimum atomic E-state index is -0.670. The first-order valence-corrected chi connectivity index (χ1v) is 10.4. The number of pyridine rings is 1. The number of hydrogen-bond donors (Lipinski definition) is 1. The highest BCUT2D eigenvalue weighted by Crippen LogP contribution is 2.26.